The number of aryl methyl sites for hydroxylation is 1. The molecule has 1 aromatic carbocycles. The summed E-state index contributed by atoms with van der Waals surface area (Å²) in [6.07, 6.45) is -5.01. The molecule has 0 radical (unpaired) electrons. The maximum atomic E-state index is 14.0. The first-order valence-electron chi connectivity index (χ1n) is 5.90. The highest BCUT2D eigenvalue weighted by atomic mass is 35.5. The molecule has 0 unspecified atom stereocenters. The summed E-state index contributed by atoms with van der Waals surface area (Å²) in [5.74, 6) is -2.61. The Morgan fingerprint density at radius 1 is 1.39 bits per heavy atom. The van der Waals surface area contributed by atoms with E-state index in [1.165, 1.54) is 0 Å². The zero-order chi connectivity index (χ0) is 17.5. The second-order valence-electron chi connectivity index (χ2n) is 4.47. The minimum absolute atomic E-state index is 0.111. The third-order valence-electron chi connectivity index (χ3n) is 3.01. The molecule has 0 aliphatic heterocycles. The summed E-state index contributed by atoms with van der Waals surface area (Å²) in [5, 5.41) is 12.0. The number of hydrogen-bond acceptors (Lipinski definition) is 3. The van der Waals surface area contributed by atoms with Crippen molar-refractivity contribution in [3.8, 4) is 11.3 Å². The summed E-state index contributed by atoms with van der Waals surface area (Å²) in [6.45, 7) is 0. The van der Waals surface area contributed by atoms with Crippen LogP contribution in [-0.4, -0.2) is 27.1 Å². The van der Waals surface area contributed by atoms with Crippen molar-refractivity contribution in [2.24, 2.45) is 7.05 Å². The quantitative estimate of drug-likeness (QED) is 0.680. The molecule has 0 aliphatic carbocycles. The lowest BCUT2D eigenvalue weighted by molar-refractivity contribution is -0.143. The first-order chi connectivity index (χ1) is 10.6. The largest absolute Gasteiger partial charge is 0.478 e. The lowest BCUT2D eigenvalue weighted by Crippen LogP contribution is -2.13. The van der Waals surface area contributed by atoms with Crippen molar-refractivity contribution in [3.63, 3.8) is 0 Å². The van der Waals surface area contributed by atoms with Crippen LogP contribution in [0.2, 0.25) is 5.02 Å². The highest BCUT2D eigenvalue weighted by Crippen LogP contribution is 2.37. The summed E-state index contributed by atoms with van der Waals surface area (Å²) < 4.78 is 53.3. The molecule has 0 saturated carbocycles. The topological polar surface area (TPSA) is 72.2 Å². The zero-order valence-electron chi connectivity index (χ0n) is 11.3. The molecule has 23 heavy (non-hydrogen) atoms. The van der Waals surface area contributed by atoms with Gasteiger partial charge in [0, 0.05) is 12.6 Å². The third kappa shape index (κ3) is 2.91. The van der Waals surface area contributed by atoms with Gasteiger partial charge in [-0.1, -0.05) is 11.6 Å². The first-order valence-corrected chi connectivity index (χ1v) is 6.27. The highest BCUT2D eigenvalue weighted by molar-refractivity contribution is 6.33. The Kier molecular flexibility index (Phi) is 4.16. The van der Waals surface area contributed by atoms with Crippen LogP contribution in [0.15, 0.2) is 12.1 Å². The van der Waals surface area contributed by atoms with Crippen LogP contribution in [-0.2, 0) is 13.2 Å². The number of aromatic nitrogens is 2. The van der Waals surface area contributed by atoms with Crippen LogP contribution in [0, 0.1) is 5.82 Å². The third-order valence-corrected chi connectivity index (χ3v) is 3.33. The SMILES string of the molecule is Cn1nc(-c2cc(C(=O)O)c(Cl)cc2F)c(C=O)c1C(F)(F)F. The van der Waals surface area contributed by atoms with Crippen LogP contribution in [0.1, 0.15) is 26.4 Å². The van der Waals surface area contributed by atoms with Gasteiger partial charge in [-0.2, -0.15) is 18.3 Å². The van der Waals surface area contributed by atoms with Gasteiger partial charge in [-0.05, 0) is 12.1 Å². The molecule has 0 saturated heterocycles. The van der Waals surface area contributed by atoms with Crippen molar-refractivity contribution in [1.82, 2.24) is 9.78 Å². The average Bonchev–Trinajstić information content (AvgIpc) is 2.74. The minimum atomic E-state index is -4.89. The highest BCUT2D eigenvalue weighted by Gasteiger charge is 2.39. The Bertz CT molecular complexity index is 815. The number of rotatable bonds is 3. The van der Waals surface area contributed by atoms with Crippen molar-refractivity contribution in [1.29, 1.82) is 0 Å². The molecule has 2 rings (SSSR count). The average molecular weight is 351 g/mol. The van der Waals surface area contributed by atoms with Gasteiger partial charge in [0.25, 0.3) is 0 Å². The summed E-state index contributed by atoms with van der Waals surface area (Å²) in [4.78, 5) is 22.1. The normalized spacial score (nSPS) is 11.6. The van der Waals surface area contributed by atoms with E-state index in [2.05, 4.69) is 5.10 Å². The fourth-order valence-corrected chi connectivity index (χ4v) is 2.31. The van der Waals surface area contributed by atoms with Crippen LogP contribution in [0.4, 0.5) is 17.6 Å². The van der Waals surface area contributed by atoms with Crippen LogP contribution in [0.3, 0.4) is 0 Å². The molecule has 0 aliphatic rings. The molecular weight excluding hydrogens is 344 g/mol. The van der Waals surface area contributed by atoms with Gasteiger partial charge in [-0.15, -0.1) is 0 Å². The number of hydrogen-bond donors (Lipinski definition) is 1. The van der Waals surface area contributed by atoms with Gasteiger partial charge in [-0.3, -0.25) is 9.48 Å². The van der Waals surface area contributed by atoms with Crippen LogP contribution < -0.4 is 0 Å². The molecule has 0 spiro atoms. The molecule has 2 aromatic rings. The zero-order valence-corrected chi connectivity index (χ0v) is 12.0. The molecule has 122 valence electrons. The van der Waals surface area contributed by atoms with Gasteiger partial charge in [-0.25, -0.2) is 9.18 Å². The van der Waals surface area contributed by atoms with Crippen molar-refractivity contribution >= 4 is 23.9 Å². The van der Waals surface area contributed by atoms with E-state index in [0.717, 1.165) is 13.1 Å². The lowest BCUT2D eigenvalue weighted by atomic mass is 10.0. The Balaban J connectivity index is 2.81. The van der Waals surface area contributed by atoms with Gasteiger partial charge in [0.1, 0.15) is 11.5 Å². The van der Waals surface area contributed by atoms with Gasteiger partial charge in [0.05, 0.1) is 16.1 Å². The molecule has 0 amide bonds. The molecule has 10 heteroatoms. The number of carbonyl (C=O) groups is 2. The maximum absolute atomic E-state index is 14.0. The van der Waals surface area contributed by atoms with E-state index in [1.54, 1.807) is 0 Å². The molecule has 1 aromatic heterocycles. The fraction of sp³-hybridized carbons (Fsp3) is 0.154. The number of alkyl halides is 3. The van der Waals surface area contributed by atoms with E-state index in [0.29, 0.717) is 10.7 Å². The molecule has 0 bridgehead atoms. The van der Waals surface area contributed by atoms with Crippen molar-refractivity contribution in [2.75, 3.05) is 0 Å². The Hall–Kier alpha value is -2.42. The molecular formula is C13H7ClF4N2O3. The Morgan fingerprint density at radius 2 is 2.00 bits per heavy atom. The van der Waals surface area contributed by atoms with Gasteiger partial charge in [0.2, 0.25) is 0 Å². The smallest absolute Gasteiger partial charge is 0.433 e. The van der Waals surface area contributed by atoms with E-state index < -0.39 is 51.1 Å². The van der Waals surface area contributed by atoms with Crippen LogP contribution in [0.25, 0.3) is 11.3 Å². The van der Waals surface area contributed by atoms with E-state index >= 15 is 0 Å². The van der Waals surface area contributed by atoms with Crippen molar-refractivity contribution in [3.05, 3.63) is 39.8 Å². The second kappa shape index (κ2) is 5.65. The molecule has 5 nitrogen and oxygen atoms in total. The van der Waals surface area contributed by atoms with E-state index in [9.17, 15) is 27.2 Å². The molecule has 0 atom stereocenters. The maximum Gasteiger partial charge on any atom is 0.433 e. The number of carboxylic acids is 1. The summed E-state index contributed by atoms with van der Waals surface area (Å²) in [6, 6.07) is 1.37. The molecule has 1 heterocycles. The number of aldehydes is 1. The van der Waals surface area contributed by atoms with Gasteiger partial charge >= 0.3 is 12.1 Å². The van der Waals surface area contributed by atoms with Gasteiger partial charge < -0.3 is 5.11 Å². The minimum Gasteiger partial charge on any atom is -0.478 e. The van der Waals surface area contributed by atoms with Gasteiger partial charge in [0.15, 0.2) is 12.0 Å². The number of carboxylic acid groups (broad SMARTS) is 1. The molecule has 0 fully saturated rings. The summed E-state index contributed by atoms with van der Waals surface area (Å²) in [7, 11) is 0.936. The van der Waals surface area contributed by atoms with Crippen LogP contribution in [0.5, 0.6) is 0 Å². The van der Waals surface area contributed by atoms with E-state index in [1.807, 2.05) is 0 Å². The summed E-state index contributed by atoms with van der Waals surface area (Å²) in [5.41, 5.74) is -3.98. The second-order valence-corrected chi connectivity index (χ2v) is 4.87. The predicted molar refractivity (Wildman–Crippen MR) is 71.0 cm³/mol. The standard InChI is InChI=1S/C13H7ClF4N2O3/c1-20-11(13(16,17)18)7(4-21)10(19-20)6-2-5(12(22)23)8(14)3-9(6)15/h2-4H,1H3,(H,22,23). The van der Waals surface area contributed by atoms with Crippen molar-refractivity contribution in [2.45, 2.75) is 6.18 Å². The number of carbonyl (C=O) groups excluding carboxylic acids is 1. The first kappa shape index (κ1) is 16.9. The summed E-state index contributed by atoms with van der Waals surface area (Å²) >= 11 is 5.57. The predicted octanol–water partition coefficient (Wildman–Crippen LogP) is 3.41. The van der Waals surface area contributed by atoms with E-state index in [4.69, 9.17) is 16.7 Å². The fourth-order valence-electron chi connectivity index (χ4n) is 2.08. The van der Waals surface area contributed by atoms with Crippen LogP contribution >= 0.6 is 11.6 Å². The van der Waals surface area contributed by atoms with Crippen molar-refractivity contribution < 1.29 is 32.3 Å². The number of nitrogens with zero attached hydrogens (tertiary/aromatic N) is 2. The number of benzene rings is 1. The monoisotopic (exact) mass is 350 g/mol. The number of aromatic carboxylic acids is 1. The molecule has 1 N–H and O–H groups in total. The Labute approximate surface area is 131 Å². The number of halogens is 5. The van der Waals surface area contributed by atoms with E-state index in [-0.39, 0.29) is 6.29 Å². The Morgan fingerprint density at radius 3 is 2.48 bits per heavy atom. The lowest BCUT2D eigenvalue weighted by Gasteiger charge is -2.07.